The number of hydrogen-bond acceptors (Lipinski definition) is 4. The lowest BCUT2D eigenvalue weighted by atomic mass is 9.83. The molecule has 1 aromatic rings. The molecule has 0 saturated carbocycles. The van der Waals surface area contributed by atoms with Crippen LogP contribution in [0.5, 0.6) is 5.75 Å². The van der Waals surface area contributed by atoms with E-state index in [0.717, 1.165) is 5.56 Å². The summed E-state index contributed by atoms with van der Waals surface area (Å²) in [7, 11) is -2.96. The average Bonchev–Trinajstić information content (AvgIpc) is 2.33. The molecule has 1 fully saturated rings. The van der Waals surface area contributed by atoms with Crippen molar-refractivity contribution < 1.29 is 17.5 Å². The summed E-state index contributed by atoms with van der Waals surface area (Å²) < 4.78 is 42.2. The number of rotatable bonds is 0. The van der Waals surface area contributed by atoms with Crippen LogP contribution in [0.25, 0.3) is 0 Å². The Hall–Kier alpha value is -1.14. The second-order valence-electron chi connectivity index (χ2n) is 5.43. The molecule has 1 unspecified atom stereocenters. The standard InChI is InChI=1S/C13H16FNO3S/c14-9-1-2-10-11(15)8-13(18-12(10)7-9)3-5-19(16,17)6-4-13/h1-2,7,11H,3-6,8,15H2. The van der Waals surface area contributed by atoms with Crippen LogP contribution in [0.4, 0.5) is 4.39 Å². The van der Waals surface area contributed by atoms with E-state index in [4.69, 9.17) is 10.5 Å². The van der Waals surface area contributed by atoms with Crippen molar-refractivity contribution in [1.82, 2.24) is 0 Å². The topological polar surface area (TPSA) is 69.4 Å². The van der Waals surface area contributed by atoms with Crippen molar-refractivity contribution in [2.75, 3.05) is 11.5 Å². The van der Waals surface area contributed by atoms with Crippen molar-refractivity contribution in [3.63, 3.8) is 0 Å². The number of benzene rings is 1. The van der Waals surface area contributed by atoms with E-state index in [1.165, 1.54) is 12.1 Å². The number of sulfone groups is 1. The fraction of sp³-hybridized carbons (Fsp3) is 0.538. The molecule has 104 valence electrons. The minimum Gasteiger partial charge on any atom is -0.487 e. The SMILES string of the molecule is NC1CC2(CCS(=O)(=O)CC2)Oc2cc(F)ccc21. The first kappa shape index (κ1) is 12.9. The highest BCUT2D eigenvalue weighted by Gasteiger charge is 2.44. The van der Waals surface area contributed by atoms with E-state index < -0.39 is 15.4 Å². The molecule has 2 aliphatic rings. The maximum Gasteiger partial charge on any atom is 0.150 e. The molecule has 1 saturated heterocycles. The molecule has 2 heterocycles. The highest BCUT2D eigenvalue weighted by Crippen LogP contribution is 2.43. The first-order chi connectivity index (χ1) is 8.89. The molecular formula is C13H16FNO3S. The molecule has 0 aromatic heterocycles. The van der Waals surface area contributed by atoms with E-state index in [0.29, 0.717) is 25.0 Å². The van der Waals surface area contributed by atoms with Crippen molar-refractivity contribution in [1.29, 1.82) is 0 Å². The third kappa shape index (κ3) is 2.34. The normalized spacial score (nSPS) is 27.6. The van der Waals surface area contributed by atoms with Crippen LogP contribution >= 0.6 is 0 Å². The van der Waals surface area contributed by atoms with Crippen LogP contribution in [0.3, 0.4) is 0 Å². The summed E-state index contributed by atoms with van der Waals surface area (Å²) in [5.41, 5.74) is 6.36. The fourth-order valence-corrected chi connectivity index (χ4v) is 4.47. The molecule has 2 N–H and O–H groups in total. The molecular weight excluding hydrogens is 269 g/mol. The van der Waals surface area contributed by atoms with Crippen LogP contribution in [-0.4, -0.2) is 25.5 Å². The van der Waals surface area contributed by atoms with Crippen LogP contribution in [0.15, 0.2) is 18.2 Å². The highest BCUT2D eigenvalue weighted by molar-refractivity contribution is 7.91. The summed E-state index contributed by atoms with van der Waals surface area (Å²) in [6.45, 7) is 0. The quantitative estimate of drug-likeness (QED) is 0.785. The molecule has 0 radical (unpaired) electrons. The summed E-state index contributed by atoms with van der Waals surface area (Å²) in [6.07, 6.45) is 1.44. The number of hydrogen-bond donors (Lipinski definition) is 1. The average molecular weight is 285 g/mol. The molecule has 6 heteroatoms. The Bertz CT molecular complexity index is 600. The van der Waals surface area contributed by atoms with Crippen LogP contribution in [-0.2, 0) is 9.84 Å². The van der Waals surface area contributed by atoms with Gasteiger partial charge in [0, 0.05) is 36.9 Å². The van der Waals surface area contributed by atoms with E-state index in [2.05, 4.69) is 0 Å². The smallest absolute Gasteiger partial charge is 0.150 e. The fourth-order valence-electron chi connectivity index (χ4n) is 2.90. The molecule has 19 heavy (non-hydrogen) atoms. The van der Waals surface area contributed by atoms with Crippen LogP contribution in [0.1, 0.15) is 30.9 Å². The lowest BCUT2D eigenvalue weighted by Crippen LogP contribution is -2.48. The van der Waals surface area contributed by atoms with Gasteiger partial charge in [0.2, 0.25) is 0 Å². The van der Waals surface area contributed by atoms with Gasteiger partial charge in [0.05, 0.1) is 11.5 Å². The Morgan fingerprint density at radius 3 is 2.68 bits per heavy atom. The van der Waals surface area contributed by atoms with Gasteiger partial charge in [-0.15, -0.1) is 0 Å². The second kappa shape index (κ2) is 4.18. The summed E-state index contributed by atoms with van der Waals surface area (Å²) in [5.74, 6) is 0.318. The van der Waals surface area contributed by atoms with Gasteiger partial charge in [-0.3, -0.25) is 0 Å². The first-order valence-corrected chi connectivity index (χ1v) is 8.16. The maximum atomic E-state index is 13.3. The van der Waals surface area contributed by atoms with E-state index >= 15 is 0 Å². The van der Waals surface area contributed by atoms with Gasteiger partial charge >= 0.3 is 0 Å². The molecule has 3 rings (SSSR count). The van der Waals surface area contributed by atoms with Crippen LogP contribution in [0.2, 0.25) is 0 Å². The first-order valence-electron chi connectivity index (χ1n) is 6.34. The van der Waals surface area contributed by atoms with Gasteiger partial charge < -0.3 is 10.5 Å². The lowest BCUT2D eigenvalue weighted by Gasteiger charge is -2.43. The third-order valence-corrected chi connectivity index (χ3v) is 5.68. The summed E-state index contributed by atoms with van der Waals surface area (Å²) in [6, 6.07) is 4.11. The van der Waals surface area contributed by atoms with Crippen molar-refractivity contribution in [2.24, 2.45) is 5.73 Å². The molecule has 1 spiro atoms. The zero-order valence-corrected chi connectivity index (χ0v) is 11.2. The molecule has 0 bridgehead atoms. The maximum absolute atomic E-state index is 13.3. The van der Waals surface area contributed by atoms with Crippen molar-refractivity contribution in [2.45, 2.75) is 30.9 Å². The highest BCUT2D eigenvalue weighted by atomic mass is 32.2. The second-order valence-corrected chi connectivity index (χ2v) is 7.73. The summed E-state index contributed by atoms with van der Waals surface area (Å²) in [4.78, 5) is 0. The van der Waals surface area contributed by atoms with E-state index in [1.807, 2.05) is 0 Å². The number of nitrogens with two attached hydrogens (primary N) is 1. The largest absolute Gasteiger partial charge is 0.487 e. The number of fused-ring (bicyclic) bond motifs is 1. The van der Waals surface area contributed by atoms with Crippen molar-refractivity contribution in [3.8, 4) is 5.75 Å². The molecule has 4 nitrogen and oxygen atoms in total. The Morgan fingerprint density at radius 1 is 1.32 bits per heavy atom. The predicted molar refractivity (Wildman–Crippen MR) is 69.2 cm³/mol. The van der Waals surface area contributed by atoms with Crippen LogP contribution in [0, 0.1) is 5.82 Å². The summed E-state index contributed by atoms with van der Waals surface area (Å²) >= 11 is 0. The van der Waals surface area contributed by atoms with E-state index in [9.17, 15) is 12.8 Å². The van der Waals surface area contributed by atoms with Gasteiger partial charge in [0.25, 0.3) is 0 Å². The van der Waals surface area contributed by atoms with Gasteiger partial charge in [-0.25, -0.2) is 12.8 Å². The zero-order valence-electron chi connectivity index (χ0n) is 10.4. The Labute approximate surface area is 111 Å². The predicted octanol–water partition coefficient (Wildman–Crippen LogP) is 1.56. The van der Waals surface area contributed by atoms with Gasteiger partial charge in [-0.1, -0.05) is 6.07 Å². The number of ether oxygens (including phenoxy) is 1. The lowest BCUT2D eigenvalue weighted by molar-refractivity contribution is 0.0260. The minimum atomic E-state index is -2.96. The minimum absolute atomic E-state index is 0.115. The Kier molecular flexibility index (Phi) is 2.83. The summed E-state index contributed by atoms with van der Waals surface area (Å²) in [5, 5.41) is 0. The van der Waals surface area contributed by atoms with Gasteiger partial charge in [0.15, 0.2) is 9.84 Å². The number of halogens is 1. The Balaban J connectivity index is 1.92. The Morgan fingerprint density at radius 2 is 2.00 bits per heavy atom. The van der Waals surface area contributed by atoms with Gasteiger partial charge in [-0.05, 0) is 6.07 Å². The van der Waals surface area contributed by atoms with Gasteiger partial charge in [-0.2, -0.15) is 0 Å². The van der Waals surface area contributed by atoms with Crippen molar-refractivity contribution in [3.05, 3.63) is 29.6 Å². The molecule has 0 aliphatic carbocycles. The van der Waals surface area contributed by atoms with Crippen LogP contribution < -0.4 is 10.5 Å². The van der Waals surface area contributed by atoms with E-state index in [-0.39, 0.29) is 23.4 Å². The van der Waals surface area contributed by atoms with Crippen molar-refractivity contribution >= 4 is 9.84 Å². The monoisotopic (exact) mass is 285 g/mol. The molecule has 1 atom stereocenters. The van der Waals surface area contributed by atoms with Gasteiger partial charge in [0.1, 0.15) is 17.2 Å². The molecule has 0 amide bonds. The molecule has 2 aliphatic heterocycles. The molecule has 1 aromatic carbocycles. The van der Waals surface area contributed by atoms with E-state index in [1.54, 1.807) is 6.07 Å². The zero-order chi connectivity index (χ0) is 13.7. The third-order valence-electron chi connectivity index (χ3n) is 4.03.